The third-order valence-electron chi connectivity index (χ3n) is 5.52. The summed E-state index contributed by atoms with van der Waals surface area (Å²) in [4.78, 5) is 11.9. The summed E-state index contributed by atoms with van der Waals surface area (Å²) in [6.07, 6.45) is 10.5. The molecule has 2 saturated carbocycles. The van der Waals surface area contributed by atoms with Gasteiger partial charge in [0.2, 0.25) is 5.91 Å². The molecule has 0 saturated heterocycles. The number of nitrogens with one attached hydrogen (secondary N) is 2. The van der Waals surface area contributed by atoms with E-state index in [0.29, 0.717) is 5.92 Å². The predicted octanol–water partition coefficient (Wildman–Crippen LogP) is 4.48. The Balaban J connectivity index is 1.82. The third kappa shape index (κ3) is 3.97. The molecule has 2 N–H and O–H groups in total. The molecule has 0 bridgehead atoms. The summed E-state index contributed by atoms with van der Waals surface area (Å²) in [6, 6.07) is 10.1. The number of carbonyl (C=O) groups excluding carboxylic acids is 1. The number of carbonyl (C=O) groups is 1. The quantitative estimate of drug-likeness (QED) is 0.801. The Kier molecular flexibility index (Phi) is 5.54. The van der Waals surface area contributed by atoms with Gasteiger partial charge in [-0.25, -0.2) is 0 Å². The molecule has 0 heterocycles. The molecule has 0 radical (unpaired) electrons. The Morgan fingerprint density at radius 2 is 1.83 bits per heavy atom. The molecule has 0 aromatic heterocycles. The Labute approximate surface area is 145 Å². The van der Waals surface area contributed by atoms with Crippen molar-refractivity contribution in [3.05, 3.63) is 30.3 Å². The van der Waals surface area contributed by atoms with Crippen LogP contribution in [-0.2, 0) is 4.79 Å². The first kappa shape index (κ1) is 17.0. The summed E-state index contributed by atoms with van der Waals surface area (Å²) in [5.41, 5.74) is 5.40. The van der Waals surface area contributed by atoms with Crippen molar-refractivity contribution in [1.82, 2.24) is 5.32 Å². The van der Waals surface area contributed by atoms with Crippen LogP contribution in [0.15, 0.2) is 35.4 Å². The van der Waals surface area contributed by atoms with Crippen LogP contribution in [0.5, 0.6) is 0 Å². The molecule has 1 amide bonds. The zero-order valence-corrected chi connectivity index (χ0v) is 14.7. The van der Waals surface area contributed by atoms with E-state index in [4.69, 9.17) is 5.10 Å². The van der Waals surface area contributed by atoms with E-state index in [2.05, 4.69) is 10.7 Å². The molecule has 3 rings (SSSR count). The van der Waals surface area contributed by atoms with Crippen molar-refractivity contribution >= 4 is 17.3 Å². The summed E-state index contributed by atoms with van der Waals surface area (Å²) in [6.45, 7) is 1.65. The topological polar surface area (TPSA) is 53.5 Å². The molecule has 24 heavy (non-hydrogen) atoms. The highest BCUT2D eigenvalue weighted by Gasteiger charge is 2.43. The van der Waals surface area contributed by atoms with Crippen molar-refractivity contribution in [1.29, 1.82) is 0 Å². The van der Waals surface area contributed by atoms with Crippen molar-refractivity contribution in [2.45, 2.75) is 70.3 Å². The van der Waals surface area contributed by atoms with Gasteiger partial charge in [0.25, 0.3) is 0 Å². The number of para-hydroxylation sites is 1. The fourth-order valence-corrected chi connectivity index (χ4v) is 4.47. The van der Waals surface area contributed by atoms with Crippen LogP contribution in [0.3, 0.4) is 0 Å². The van der Waals surface area contributed by atoms with E-state index >= 15 is 0 Å². The highest BCUT2D eigenvalue weighted by atomic mass is 16.1. The van der Waals surface area contributed by atoms with Crippen molar-refractivity contribution in [2.75, 3.05) is 5.43 Å². The third-order valence-corrected chi connectivity index (χ3v) is 5.52. The number of hydrogen-bond donors (Lipinski definition) is 2. The fraction of sp³-hybridized carbons (Fsp3) is 0.600. The summed E-state index contributed by atoms with van der Waals surface area (Å²) in [5, 5.41) is 8.12. The molecule has 1 unspecified atom stereocenters. The number of hydrogen-bond acceptors (Lipinski definition) is 3. The zero-order valence-electron chi connectivity index (χ0n) is 14.7. The molecular weight excluding hydrogens is 298 g/mol. The molecule has 2 aliphatic carbocycles. The molecular formula is C20H29N3O. The molecule has 0 spiro atoms. The largest absolute Gasteiger partial charge is 0.350 e. The fourth-order valence-electron chi connectivity index (χ4n) is 4.47. The van der Waals surface area contributed by atoms with E-state index in [0.717, 1.165) is 31.4 Å². The van der Waals surface area contributed by atoms with Gasteiger partial charge < -0.3 is 5.32 Å². The van der Waals surface area contributed by atoms with Crippen LogP contribution >= 0.6 is 0 Å². The minimum atomic E-state index is -0.0816. The first-order chi connectivity index (χ1) is 11.7. The predicted molar refractivity (Wildman–Crippen MR) is 99.1 cm³/mol. The number of amides is 1. The maximum absolute atomic E-state index is 11.9. The van der Waals surface area contributed by atoms with E-state index in [1.54, 1.807) is 6.92 Å². The van der Waals surface area contributed by atoms with E-state index < -0.39 is 0 Å². The average Bonchev–Trinajstić information content (AvgIpc) is 2.61. The minimum Gasteiger partial charge on any atom is -0.350 e. The van der Waals surface area contributed by atoms with Gasteiger partial charge in [-0.1, -0.05) is 43.9 Å². The van der Waals surface area contributed by atoms with Crippen molar-refractivity contribution in [3.8, 4) is 0 Å². The standard InChI is InChI=1S/C20H29N3O/c1-16(24)21-20(14-8-3-9-15-20)18-12-6-7-13-19(18)23-22-17-10-4-2-5-11-17/h2,4-5,10-11,18,22H,3,6-9,12-15H2,1H3,(H,21,24). The van der Waals surface area contributed by atoms with Gasteiger partial charge in [0.15, 0.2) is 0 Å². The highest BCUT2D eigenvalue weighted by molar-refractivity contribution is 5.90. The van der Waals surface area contributed by atoms with Gasteiger partial charge >= 0.3 is 0 Å². The molecule has 1 atom stereocenters. The van der Waals surface area contributed by atoms with E-state index in [9.17, 15) is 4.79 Å². The smallest absolute Gasteiger partial charge is 0.217 e. The first-order valence-corrected chi connectivity index (χ1v) is 9.36. The number of benzene rings is 1. The van der Waals surface area contributed by atoms with Gasteiger partial charge in [-0.2, -0.15) is 5.10 Å². The lowest BCUT2D eigenvalue weighted by Gasteiger charge is -2.46. The SMILES string of the molecule is CC(=O)NC1(C2CCCCC2=NNc2ccccc2)CCCCC1. The summed E-state index contributed by atoms with van der Waals surface area (Å²) in [7, 11) is 0. The summed E-state index contributed by atoms with van der Waals surface area (Å²) >= 11 is 0. The van der Waals surface area contributed by atoms with Gasteiger partial charge in [-0.3, -0.25) is 10.2 Å². The van der Waals surface area contributed by atoms with E-state index in [1.807, 2.05) is 30.3 Å². The van der Waals surface area contributed by atoms with Crippen molar-refractivity contribution < 1.29 is 4.79 Å². The number of hydrazone groups is 1. The van der Waals surface area contributed by atoms with Crippen molar-refractivity contribution in [2.24, 2.45) is 11.0 Å². The maximum atomic E-state index is 11.9. The van der Waals surface area contributed by atoms with Crippen LogP contribution in [0.2, 0.25) is 0 Å². The lowest BCUT2D eigenvalue weighted by Crippen LogP contribution is -2.57. The van der Waals surface area contributed by atoms with Crippen LogP contribution in [0, 0.1) is 5.92 Å². The van der Waals surface area contributed by atoms with Gasteiger partial charge in [0.1, 0.15) is 0 Å². The molecule has 0 aliphatic heterocycles. The maximum Gasteiger partial charge on any atom is 0.217 e. The number of rotatable bonds is 4. The first-order valence-electron chi connectivity index (χ1n) is 9.36. The zero-order chi connectivity index (χ0) is 16.8. The average molecular weight is 327 g/mol. The number of nitrogens with zero attached hydrogens (tertiary/aromatic N) is 1. The van der Waals surface area contributed by atoms with E-state index in [-0.39, 0.29) is 11.4 Å². The Bertz CT molecular complexity index is 576. The van der Waals surface area contributed by atoms with Crippen LogP contribution in [-0.4, -0.2) is 17.2 Å². The Morgan fingerprint density at radius 1 is 1.08 bits per heavy atom. The van der Waals surface area contributed by atoms with Crippen molar-refractivity contribution in [3.63, 3.8) is 0 Å². The van der Waals surface area contributed by atoms with Crippen LogP contribution < -0.4 is 10.7 Å². The summed E-state index contributed by atoms with van der Waals surface area (Å²) < 4.78 is 0. The normalized spacial score (nSPS) is 25.2. The van der Waals surface area contributed by atoms with Gasteiger partial charge in [-0.05, 0) is 44.2 Å². The molecule has 2 aliphatic rings. The van der Waals surface area contributed by atoms with Crippen LogP contribution in [0.4, 0.5) is 5.69 Å². The second-order valence-corrected chi connectivity index (χ2v) is 7.28. The minimum absolute atomic E-state index is 0.0816. The van der Waals surface area contributed by atoms with Gasteiger partial charge in [0, 0.05) is 24.1 Å². The molecule has 2 fully saturated rings. The van der Waals surface area contributed by atoms with Crippen LogP contribution in [0.1, 0.15) is 64.7 Å². The molecule has 4 nitrogen and oxygen atoms in total. The van der Waals surface area contributed by atoms with Gasteiger partial charge in [-0.15, -0.1) is 0 Å². The molecule has 130 valence electrons. The van der Waals surface area contributed by atoms with E-state index in [1.165, 1.54) is 37.8 Å². The molecule has 1 aromatic carbocycles. The Hall–Kier alpha value is -1.84. The molecule has 4 heteroatoms. The monoisotopic (exact) mass is 327 g/mol. The Morgan fingerprint density at radius 3 is 2.54 bits per heavy atom. The second kappa shape index (κ2) is 7.82. The lowest BCUT2D eigenvalue weighted by atomic mass is 9.66. The number of anilines is 1. The summed E-state index contributed by atoms with van der Waals surface area (Å²) in [5.74, 6) is 0.463. The van der Waals surface area contributed by atoms with Crippen LogP contribution in [0.25, 0.3) is 0 Å². The second-order valence-electron chi connectivity index (χ2n) is 7.28. The lowest BCUT2D eigenvalue weighted by molar-refractivity contribution is -0.121. The van der Waals surface area contributed by atoms with Gasteiger partial charge in [0.05, 0.1) is 5.69 Å². The molecule has 1 aromatic rings. The highest BCUT2D eigenvalue weighted by Crippen LogP contribution is 2.40.